The van der Waals surface area contributed by atoms with Gasteiger partial charge in [0.15, 0.2) is 0 Å². The van der Waals surface area contributed by atoms with Crippen LogP contribution in [-0.4, -0.2) is 12.6 Å². The molecule has 17 heavy (non-hydrogen) atoms. The monoisotopic (exact) mass is 238 g/mol. The Kier molecular flexibility index (Phi) is 10.7. The van der Waals surface area contributed by atoms with Gasteiger partial charge in [-0.1, -0.05) is 57.3 Å². The summed E-state index contributed by atoms with van der Waals surface area (Å²) < 4.78 is 5.17. The van der Waals surface area contributed by atoms with E-state index in [2.05, 4.69) is 6.92 Å². The lowest BCUT2D eigenvalue weighted by Crippen LogP contribution is -2.06. The number of carbonyl (C=O) groups is 1. The molecule has 0 unspecified atom stereocenters. The van der Waals surface area contributed by atoms with Gasteiger partial charge in [-0.2, -0.15) is 0 Å². The lowest BCUT2D eigenvalue weighted by atomic mass is 10.1. The van der Waals surface area contributed by atoms with Crippen molar-refractivity contribution in [3.05, 3.63) is 23.8 Å². The summed E-state index contributed by atoms with van der Waals surface area (Å²) in [6.07, 6.45) is 12.8. The van der Waals surface area contributed by atoms with Crippen LogP contribution in [0.1, 0.15) is 59.3 Å². The van der Waals surface area contributed by atoms with Crippen molar-refractivity contribution >= 4 is 5.97 Å². The third kappa shape index (κ3) is 9.86. The Hall–Kier alpha value is -1.05. The topological polar surface area (TPSA) is 26.3 Å². The molecule has 2 heteroatoms. The van der Waals surface area contributed by atoms with Crippen molar-refractivity contribution in [2.75, 3.05) is 6.61 Å². The van der Waals surface area contributed by atoms with Gasteiger partial charge in [0.2, 0.25) is 0 Å². The van der Waals surface area contributed by atoms with Crippen LogP contribution >= 0.6 is 0 Å². The summed E-state index contributed by atoms with van der Waals surface area (Å²) in [5, 5.41) is 0. The van der Waals surface area contributed by atoms with E-state index in [9.17, 15) is 4.79 Å². The summed E-state index contributed by atoms with van der Waals surface area (Å²) in [5.41, 5.74) is 0.661. The van der Waals surface area contributed by atoms with Crippen molar-refractivity contribution in [1.82, 2.24) is 0 Å². The van der Waals surface area contributed by atoms with Crippen molar-refractivity contribution < 1.29 is 9.53 Å². The van der Waals surface area contributed by atoms with Crippen LogP contribution in [-0.2, 0) is 9.53 Å². The molecule has 0 aromatic rings. The first kappa shape index (κ1) is 16.0. The maximum absolute atomic E-state index is 11.5. The molecular weight excluding hydrogens is 212 g/mol. The van der Waals surface area contributed by atoms with Crippen LogP contribution in [0.2, 0.25) is 0 Å². The molecule has 0 aliphatic heterocycles. The number of esters is 1. The third-order valence-electron chi connectivity index (χ3n) is 2.59. The van der Waals surface area contributed by atoms with E-state index in [-0.39, 0.29) is 5.97 Å². The Bertz CT molecular complexity index is 252. The van der Waals surface area contributed by atoms with Crippen LogP contribution in [0, 0.1) is 0 Å². The number of hydrogen-bond donors (Lipinski definition) is 0. The van der Waals surface area contributed by atoms with E-state index in [1.165, 1.54) is 25.7 Å². The average molecular weight is 238 g/mol. The number of carbonyl (C=O) groups excluding carboxylic acids is 1. The lowest BCUT2D eigenvalue weighted by Gasteiger charge is -2.04. The molecule has 0 radical (unpaired) electrons. The molecule has 0 aliphatic carbocycles. The number of ether oxygens (including phenoxy) is 1. The van der Waals surface area contributed by atoms with Gasteiger partial charge in [-0.25, -0.2) is 4.79 Å². The zero-order chi connectivity index (χ0) is 12.9. The summed E-state index contributed by atoms with van der Waals surface area (Å²) in [4.78, 5) is 11.5. The van der Waals surface area contributed by atoms with Gasteiger partial charge in [-0.05, 0) is 20.3 Å². The van der Waals surface area contributed by atoms with E-state index < -0.39 is 0 Å². The first-order valence-corrected chi connectivity index (χ1v) is 6.69. The van der Waals surface area contributed by atoms with Crippen LogP contribution in [0.5, 0.6) is 0 Å². The fourth-order valence-electron chi connectivity index (χ4n) is 1.47. The van der Waals surface area contributed by atoms with Crippen molar-refractivity contribution in [3.63, 3.8) is 0 Å². The van der Waals surface area contributed by atoms with E-state index in [0.717, 1.165) is 12.8 Å². The molecule has 0 spiro atoms. The van der Waals surface area contributed by atoms with E-state index in [1.54, 1.807) is 13.0 Å². The summed E-state index contributed by atoms with van der Waals surface area (Å²) in [6, 6.07) is 0. The van der Waals surface area contributed by atoms with Crippen LogP contribution in [0.4, 0.5) is 0 Å². The molecule has 98 valence electrons. The quantitative estimate of drug-likeness (QED) is 0.257. The van der Waals surface area contributed by atoms with E-state index >= 15 is 0 Å². The van der Waals surface area contributed by atoms with Crippen LogP contribution in [0.3, 0.4) is 0 Å². The molecule has 0 saturated carbocycles. The normalized spacial score (nSPS) is 12.1. The molecule has 0 fully saturated rings. The van der Waals surface area contributed by atoms with Crippen molar-refractivity contribution in [2.24, 2.45) is 0 Å². The molecule has 0 saturated heterocycles. The van der Waals surface area contributed by atoms with Gasteiger partial charge in [0.1, 0.15) is 0 Å². The first-order chi connectivity index (χ1) is 8.22. The number of allylic oxidation sites excluding steroid dienone is 3. The number of rotatable bonds is 9. The van der Waals surface area contributed by atoms with Crippen molar-refractivity contribution in [3.8, 4) is 0 Å². The fraction of sp³-hybridized carbons (Fsp3) is 0.667. The highest BCUT2D eigenvalue weighted by Gasteiger charge is 2.03. The second-order valence-electron chi connectivity index (χ2n) is 4.28. The van der Waals surface area contributed by atoms with Gasteiger partial charge in [0.05, 0.1) is 6.61 Å². The Balaban J connectivity index is 3.51. The van der Waals surface area contributed by atoms with Crippen LogP contribution in [0.25, 0.3) is 0 Å². The fourth-order valence-corrected chi connectivity index (χ4v) is 1.47. The highest BCUT2D eigenvalue weighted by molar-refractivity contribution is 5.88. The average Bonchev–Trinajstić information content (AvgIpc) is 2.34. The maximum Gasteiger partial charge on any atom is 0.333 e. The number of hydrogen-bond acceptors (Lipinski definition) is 2. The highest BCUT2D eigenvalue weighted by Crippen LogP contribution is 2.05. The predicted molar refractivity (Wildman–Crippen MR) is 72.9 cm³/mol. The van der Waals surface area contributed by atoms with Crippen molar-refractivity contribution in [2.45, 2.75) is 59.3 Å². The standard InChI is InChI=1S/C15H26O2/c1-4-6-8-9-10-11-13-17-15(16)14(3)12-7-5-2/h5,7,12H,4,6,8-11,13H2,1-3H3. The largest absolute Gasteiger partial charge is 0.462 e. The summed E-state index contributed by atoms with van der Waals surface area (Å²) in [7, 11) is 0. The zero-order valence-corrected chi connectivity index (χ0v) is 11.5. The van der Waals surface area contributed by atoms with E-state index in [4.69, 9.17) is 4.74 Å². The molecule has 0 amide bonds. The molecule has 0 rings (SSSR count). The maximum atomic E-state index is 11.5. The Labute approximate surface area is 106 Å². The molecule has 0 aromatic carbocycles. The van der Waals surface area contributed by atoms with E-state index in [1.807, 2.05) is 19.1 Å². The number of unbranched alkanes of at least 4 members (excludes halogenated alkanes) is 5. The van der Waals surface area contributed by atoms with Gasteiger partial charge in [0, 0.05) is 5.57 Å². The second-order valence-corrected chi connectivity index (χ2v) is 4.28. The summed E-state index contributed by atoms with van der Waals surface area (Å²) in [6.45, 7) is 6.46. The SMILES string of the molecule is CC=CC=C(C)C(=O)OCCCCCCCC. The van der Waals surface area contributed by atoms with Crippen LogP contribution < -0.4 is 0 Å². The van der Waals surface area contributed by atoms with Crippen LogP contribution in [0.15, 0.2) is 23.8 Å². The third-order valence-corrected chi connectivity index (χ3v) is 2.59. The van der Waals surface area contributed by atoms with Gasteiger partial charge in [-0.3, -0.25) is 0 Å². The lowest BCUT2D eigenvalue weighted by molar-refractivity contribution is -0.139. The Morgan fingerprint density at radius 2 is 1.76 bits per heavy atom. The molecule has 0 N–H and O–H groups in total. The van der Waals surface area contributed by atoms with Gasteiger partial charge in [0.25, 0.3) is 0 Å². The minimum absolute atomic E-state index is 0.198. The van der Waals surface area contributed by atoms with Gasteiger partial charge in [-0.15, -0.1) is 0 Å². The predicted octanol–water partition coefficient (Wildman–Crippen LogP) is 4.41. The van der Waals surface area contributed by atoms with Gasteiger partial charge >= 0.3 is 5.97 Å². The molecular formula is C15H26O2. The first-order valence-electron chi connectivity index (χ1n) is 6.69. The summed E-state index contributed by atoms with van der Waals surface area (Å²) in [5.74, 6) is -0.198. The summed E-state index contributed by atoms with van der Waals surface area (Å²) >= 11 is 0. The molecule has 0 aliphatic rings. The molecule has 0 bridgehead atoms. The minimum Gasteiger partial charge on any atom is -0.462 e. The second kappa shape index (κ2) is 11.4. The van der Waals surface area contributed by atoms with Crippen molar-refractivity contribution in [1.29, 1.82) is 0 Å². The molecule has 0 atom stereocenters. The minimum atomic E-state index is -0.198. The molecule has 0 heterocycles. The smallest absolute Gasteiger partial charge is 0.333 e. The van der Waals surface area contributed by atoms with E-state index in [0.29, 0.717) is 12.2 Å². The highest BCUT2D eigenvalue weighted by atomic mass is 16.5. The molecule has 0 aromatic heterocycles. The zero-order valence-electron chi connectivity index (χ0n) is 11.5. The molecule has 2 nitrogen and oxygen atoms in total. The Morgan fingerprint density at radius 3 is 2.41 bits per heavy atom. The Morgan fingerprint density at radius 1 is 1.12 bits per heavy atom. The van der Waals surface area contributed by atoms with Gasteiger partial charge < -0.3 is 4.74 Å².